The minimum absolute atomic E-state index is 0.0212. The Bertz CT molecular complexity index is 1480. The first-order valence-electron chi connectivity index (χ1n) is 10.8. The van der Waals surface area contributed by atoms with Crippen LogP contribution in [0, 0.1) is 18.2 Å². The Balaban J connectivity index is 1.71. The minimum atomic E-state index is -0.498. The maximum absolute atomic E-state index is 14.3. The molecule has 2 aliphatic rings. The molecule has 0 aliphatic carbocycles. The predicted molar refractivity (Wildman–Crippen MR) is 122 cm³/mol. The molecule has 5 heterocycles. The van der Waals surface area contributed by atoms with Gasteiger partial charge in [0.15, 0.2) is 11.6 Å². The number of aromatic nitrogens is 5. The van der Waals surface area contributed by atoms with Crippen molar-refractivity contribution in [1.82, 2.24) is 24.5 Å². The predicted octanol–water partition coefficient (Wildman–Crippen LogP) is 4.04. The van der Waals surface area contributed by atoms with Crippen LogP contribution in [0.4, 0.5) is 10.2 Å². The number of nitrogen functional groups attached to an aromatic ring is 1. The van der Waals surface area contributed by atoms with Crippen LogP contribution < -0.4 is 10.5 Å². The van der Waals surface area contributed by atoms with E-state index in [2.05, 4.69) is 10.9 Å². The zero-order valence-corrected chi connectivity index (χ0v) is 18.2. The fourth-order valence-corrected chi connectivity index (χ4v) is 5.07. The molecule has 33 heavy (non-hydrogen) atoms. The first-order chi connectivity index (χ1) is 15.9. The normalized spacial score (nSPS) is 18.2. The Morgan fingerprint density at radius 1 is 1.24 bits per heavy atom. The number of nitrogens with two attached hydrogens (primary N) is 1. The smallest absolute Gasteiger partial charge is 0.166 e. The third kappa shape index (κ3) is 2.85. The maximum atomic E-state index is 14.3. The molecule has 2 bridgehead atoms. The van der Waals surface area contributed by atoms with Crippen LogP contribution in [0.5, 0.6) is 5.75 Å². The molecule has 2 aliphatic heterocycles. The third-order valence-corrected chi connectivity index (χ3v) is 6.50. The van der Waals surface area contributed by atoms with Gasteiger partial charge in [-0.25, -0.2) is 9.37 Å². The topological polar surface area (TPSA) is 83.8 Å². The number of anilines is 1. The monoisotopic (exact) mass is 440 g/mol. The fourth-order valence-electron chi connectivity index (χ4n) is 5.07. The van der Waals surface area contributed by atoms with Crippen molar-refractivity contribution in [1.29, 1.82) is 0 Å². The van der Waals surface area contributed by atoms with Gasteiger partial charge in [-0.15, -0.1) is 6.42 Å². The largest absolute Gasteiger partial charge is 0.482 e. The molecule has 2 atom stereocenters. The molecule has 8 heteroatoms. The molecule has 3 aromatic heterocycles. The highest BCUT2D eigenvalue weighted by molar-refractivity contribution is 5.77. The van der Waals surface area contributed by atoms with E-state index in [4.69, 9.17) is 27.1 Å². The lowest BCUT2D eigenvalue weighted by atomic mass is 9.87. The molecule has 164 valence electrons. The number of hydrogen-bond acceptors (Lipinski definition) is 5. The molecule has 0 radical (unpaired) electrons. The molecule has 0 saturated carbocycles. The van der Waals surface area contributed by atoms with Crippen molar-refractivity contribution >= 4 is 5.82 Å². The first-order valence-corrected chi connectivity index (χ1v) is 10.8. The van der Waals surface area contributed by atoms with Crippen molar-refractivity contribution < 1.29 is 9.13 Å². The summed E-state index contributed by atoms with van der Waals surface area (Å²) < 4.78 is 24.3. The summed E-state index contributed by atoms with van der Waals surface area (Å²) in [5.41, 5.74) is 12.7. The fraction of sp³-hybridized carbons (Fsp3) is 0.240. The summed E-state index contributed by atoms with van der Waals surface area (Å²) in [4.78, 5) is 4.37. The van der Waals surface area contributed by atoms with Crippen molar-refractivity contribution in [2.45, 2.75) is 31.9 Å². The van der Waals surface area contributed by atoms with Crippen LogP contribution >= 0.6 is 0 Å². The molecule has 2 N–H and O–H groups in total. The molecule has 0 saturated heterocycles. The second kappa shape index (κ2) is 6.94. The Labute approximate surface area is 190 Å². The van der Waals surface area contributed by atoms with Crippen molar-refractivity contribution in [2.75, 3.05) is 5.73 Å². The summed E-state index contributed by atoms with van der Waals surface area (Å²) in [6.07, 6.45) is 9.94. The van der Waals surface area contributed by atoms with Gasteiger partial charge in [0.2, 0.25) is 0 Å². The number of benzene rings is 1. The molecule has 4 aromatic rings. The van der Waals surface area contributed by atoms with Gasteiger partial charge in [-0.05, 0) is 43.5 Å². The number of ether oxygens (including phenoxy) is 1. The van der Waals surface area contributed by atoms with Crippen molar-refractivity contribution in [3.05, 3.63) is 65.0 Å². The van der Waals surface area contributed by atoms with Crippen LogP contribution in [-0.4, -0.2) is 24.5 Å². The van der Waals surface area contributed by atoms with E-state index < -0.39 is 6.10 Å². The van der Waals surface area contributed by atoms with Crippen molar-refractivity contribution in [3.8, 4) is 40.5 Å². The molecule has 0 unspecified atom stereocenters. The summed E-state index contributed by atoms with van der Waals surface area (Å²) in [5.74, 6) is 3.08. The average molecular weight is 440 g/mol. The highest BCUT2D eigenvalue weighted by Crippen LogP contribution is 2.46. The van der Waals surface area contributed by atoms with E-state index in [1.165, 1.54) is 12.1 Å². The van der Waals surface area contributed by atoms with Crippen LogP contribution in [0.15, 0.2) is 36.7 Å². The van der Waals surface area contributed by atoms with E-state index in [9.17, 15) is 4.39 Å². The number of hydrogen-bond donors (Lipinski definition) is 1. The van der Waals surface area contributed by atoms with Crippen LogP contribution in [0.3, 0.4) is 0 Å². The van der Waals surface area contributed by atoms with E-state index in [1.807, 2.05) is 30.9 Å². The highest BCUT2D eigenvalue weighted by atomic mass is 19.1. The Hall–Kier alpha value is -4.12. The van der Waals surface area contributed by atoms with Gasteiger partial charge < -0.3 is 10.5 Å². The number of aryl methyl sites for hydroxylation is 2. The Kier molecular flexibility index (Phi) is 4.11. The van der Waals surface area contributed by atoms with Crippen molar-refractivity contribution in [2.24, 2.45) is 7.05 Å². The van der Waals surface area contributed by atoms with E-state index >= 15 is 0 Å². The zero-order valence-electron chi connectivity index (χ0n) is 18.2. The molecule has 0 fully saturated rings. The Morgan fingerprint density at radius 3 is 2.91 bits per heavy atom. The summed E-state index contributed by atoms with van der Waals surface area (Å²) in [7, 11) is 1.89. The van der Waals surface area contributed by atoms with Gasteiger partial charge in [-0.1, -0.05) is 0 Å². The van der Waals surface area contributed by atoms with Crippen molar-refractivity contribution in [3.63, 3.8) is 0 Å². The van der Waals surface area contributed by atoms with E-state index in [1.54, 1.807) is 16.9 Å². The molecular weight excluding hydrogens is 419 g/mol. The van der Waals surface area contributed by atoms with Gasteiger partial charge in [0.05, 0.1) is 11.4 Å². The minimum Gasteiger partial charge on any atom is -0.482 e. The molecule has 0 amide bonds. The van der Waals surface area contributed by atoms with Gasteiger partial charge in [0.25, 0.3) is 0 Å². The number of halogens is 1. The number of terminal acetylenes is 1. The lowest BCUT2D eigenvalue weighted by molar-refractivity contribution is 0.227. The van der Waals surface area contributed by atoms with Gasteiger partial charge >= 0.3 is 0 Å². The number of pyridine rings is 1. The van der Waals surface area contributed by atoms with Crippen LogP contribution in [0.2, 0.25) is 0 Å². The van der Waals surface area contributed by atoms with Gasteiger partial charge in [-0.3, -0.25) is 9.36 Å². The summed E-state index contributed by atoms with van der Waals surface area (Å²) in [6, 6.07) is 6.56. The van der Waals surface area contributed by atoms with E-state index in [-0.39, 0.29) is 17.6 Å². The average Bonchev–Trinajstić information content (AvgIpc) is 3.47. The van der Waals surface area contributed by atoms with Gasteiger partial charge in [-0.2, -0.15) is 10.2 Å². The van der Waals surface area contributed by atoms with Crippen LogP contribution in [-0.2, 0) is 13.6 Å². The second-order valence-electron chi connectivity index (χ2n) is 8.52. The lowest BCUT2D eigenvalue weighted by Crippen LogP contribution is -2.10. The molecule has 1 aromatic carbocycles. The number of rotatable bonds is 0. The first kappa shape index (κ1) is 19.6. The molecule has 6 rings (SSSR count). The molecular formula is C25H21FN6O. The number of fused-ring (bicyclic) bond motifs is 7. The maximum Gasteiger partial charge on any atom is 0.166 e. The summed E-state index contributed by atoms with van der Waals surface area (Å²) in [6.45, 7) is 2.60. The van der Waals surface area contributed by atoms with E-state index in [0.29, 0.717) is 17.0 Å². The third-order valence-electron chi connectivity index (χ3n) is 6.50. The van der Waals surface area contributed by atoms with Gasteiger partial charge in [0, 0.05) is 59.7 Å². The number of nitrogens with zero attached hydrogens (tertiary/aromatic N) is 5. The zero-order chi connectivity index (χ0) is 22.9. The SMILES string of the molecule is C#Cc1nn2c3c1-c1cnc(N)c(c1)O[C@H](C)c1cc(F)ccc1-c1nn(C)cc1[C@H]3CC2. The quantitative estimate of drug-likeness (QED) is 0.417. The lowest BCUT2D eigenvalue weighted by Gasteiger charge is -2.22. The molecule has 0 spiro atoms. The summed E-state index contributed by atoms with van der Waals surface area (Å²) in [5, 5.41) is 9.48. The van der Waals surface area contributed by atoms with Crippen LogP contribution in [0.1, 0.15) is 47.9 Å². The van der Waals surface area contributed by atoms with Gasteiger partial charge in [0.1, 0.15) is 17.6 Å². The molecule has 7 nitrogen and oxygen atoms in total. The van der Waals surface area contributed by atoms with Crippen LogP contribution in [0.25, 0.3) is 22.4 Å². The second-order valence-corrected chi connectivity index (χ2v) is 8.52. The Morgan fingerprint density at radius 2 is 2.09 bits per heavy atom. The van der Waals surface area contributed by atoms with E-state index in [0.717, 1.165) is 46.6 Å². The highest BCUT2D eigenvalue weighted by Gasteiger charge is 2.35. The standard InChI is InChI=1S/C25H21FN6O/c1-4-20-22-14-9-21(25(27)28-11-14)33-13(2)18-10-15(26)5-6-16(18)23-19(12-31(3)30-23)17-7-8-32(29-20)24(17)22/h1,5-6,9-13,17H,7-8H2,2-3H3,(H2,27,28)/t13-,17-/m1/s1. The summed E-state index contributed by atoms with van der Waals surface area (Å²) >= 11 is 0.